The zero-order chi connectivity index (χ0) is 24.3. The average Bonchev–Trinajstić information content (AvgIpc) is 2.77. The highest BCUT2D eigenvalue weighted by atomic mass is 35.5. The van der Waals surface area contributed by atoms with Crippen molar-refractivity contribution in [3.8, 4) is 0 Å². The number of halogens is 1. The molecule has 33 heavy (non-hydrogen) atoms. The van der Waals surface area contributed by atoms with Crippen molar-refractivity contribution in [2.45, 2.75) is 39.0 Å². The van der Waals surface area contributed by atoms with Gasteiger partial charge in [-0.25, -0.2) is 15.0 Å². The Labute approximate surface area is 197 Å². The number of hydrogen-bond donors (Lipinski definition) is 2. The van der Waals surface area contributed by atoms with E-state index in [1.54, 1.807) is 38.1 Å². The quantitative estimate of drug-likeness (QED) is 0.376. The molecule has 1 atom stereocenters. The minimum Gasteiger partial charge on any atom is -0.481 e. The van der Waals surface area contributed by atoms with Gasteiger partial charge in [-0.15, -0.1) is 0 Å². The molecule has 0 amide bonds. The van der Waals surface area contributed by atoms with Gasteiger partial charge >= 0.3 is 5.97 Å². The third-order valence-corrected chi connectivity index (χ3v) is 5.91. The fraction of sp³-hybridized carbons (Fsp3) is 0.240. The van der Waals surface area contributed by atoms with E-state index < -0.39 is 11.4 Å². The van der Waals surface area contributed by atoms with E-state index in [0.717, 1.165) is 17.4 Å². The molecule has 2 heterocycles. The number of pyridine rings is 1. The number of aromatic nitrogens is 3. The van der Waals surface area contributed by atoms with Crippen molar-refractivity contribution in [3.63, 3.8) is 0 Å². The monoisotopic (exact) mass is 464 g/mol. The van der Waals surface area contributed by atoms with Gasteiger partial charge in [0.05, 0.1) is 5.41 Å². The summed E-state index contributed by atoms with van der Waals surface area (Å²) in [6.45, 7) is 9.46. The summed E-state index contributed by atoms with van der Waals surface area (Å²) in [5.74, 6) is -0.329. The van der Waals surface area contributed by atoms with Crippen LogP contribution in [-0.4, -0.2) is 32.3 Å². The second-order valence-electron chi connectivity index (χ2n) is 8.05. The number of benzene rings is 1. The molecule has 0 aliphatic heterocycles. The van der Waals surface area contributed by atoms with E-state index in [-0.39, 0.29) is 12.2 Å². The van der Waals surface area contributed by atoms with Crippen LogP contribution in [0.4, 0.5) is 5.82 Å². The Kier molecular flexibility index (Phi) is 6.93. The van der Waals surface area contributed by atoms with Gasteiger partial charge in [0, 0.05) is 34.5 Å². The highest BCUT2D eigenvalue weighted by molar-refractivity contribution is 6.29. The highest BCUT2D eigenvalue weighted by Gasteiger charge is 2.34. The van der Waals surface area contributed by atoms with Crippen LogP contribution in [0.5, 0.6) is 0 Å². The molecule has 0 bridgehead atoms. The van der Waals surface area contributed by atoms with Crippen LogP contribution >= 0.6 is 11.6 Å². The number of carboxylic acids is 1. The third kappa shape index (κ3) is 4.93. The number of nitrogen functional groups attached to an aromatic ring is 1. The lowest BCUT2D eigenvalue weighted by molar-refractivity contribution is -0.137. The summed E-state index contributed by atoms with van der Waals surface area (Å²) in [6, 6.07) is 10.7. The van der Waals surface area contributed by atoms with Crippen LogP contribution in [0.25, 0.3) is 5.57 Å². The zero-order valence-corrected chi connectivity index (χ0v) is 19.5. The van der Waals surface area contributed by atoms with Crippen molar-refractivity contribution >= 4 is 35.2 Å². The average molecular weight is 465 g/mol. The molecular formula is C25H25ClN4O3. The number of carbonyl (C=O) groups excluding carboxylic acids is 1. The Bertz CT molecular complexity index is 1220. The van der Waals surface area contributed by atoms with Gasteiger partial charge in [-0.3, -0.25) is 4.79 Å². The van der Waals surface area contributed by atoms with Crippen molar-refractivity contribution in [1.29, 1.82) is 0 Å². The lowest BCUT2D eigenvalue weighted by Gasteiger charge is -2.27. The minimum absolute atomic E-state index is 0.0398. The maximum atomic E-state index is 12.3. The topological polar surface area (TPSA) is 119 Å². The first-order valence-electron chi connectivity index (χ1n) is 10.3. The number of nitrogens with two attached hydrogens (primary N) is 1. The number of carboxylic acid groups (broad SMARTS) is 1. The number of aryl methyl sites for hydroxylation is 3. The van der Waals surface area contributed by atoms with Crippen LogP contribution in [0.3, 0.4) is 0 Å². The Balaban J connectivity index is 2.00. The predicted molar refractivity (Wildman–Crippen MR) is 128 cm³/mol. The van der Waals surface area contributed by atoms with Gasteiger partial charge in [0.2, 0.25) is 0 Å². The molecule has 3 rings (SSSR count). The Hall–Kier alpha value is -3.58. The molecule has 0 aliphatic rings. The Morgan fingerprint density at radius 2 is 1.79 bits per heavy atom. The molecule has 7 nitrogen and oxygen atoms in total. The number of nitrogens with zero attached hydrogens (tertiary/aromatic N) is 3. The number of aliphatic carboxylic acids is 1. The first kappa shape index (κ1) is 24.1. The standard InChI is InChI=1S/C25H25ClN4O3/c1-14(19-10-11-20(26)28-15(19)2)24-29-16(3)22(23(27)30-24)25(4,13-31)18-8-5-17(6-9-18)7-12-21(32)33/h5-6,8-11,13H,1,7,12H2,2-4H3,(H,32,33)(H2,27,29,30)/t25-/m0/s1. The molecule has 3 N–H and O–H groups in total. The van der Waals surface area contributed by atoms with Gasteiger partial charge < -0.3 is 15.6 Å². The molecule has 0 aliphatic carbocycles. The van der Waals surface area contributed by atoms with Gasteiger partial charge in [-0.1, -0.05) is 42.4 Å². The summed E-state index contributed by atoms with van der Waals surface area (Å²) in [5, 5.41) is 9.26. The second-order valence-corrected chi connectivity index (χ2v) is 8.44. The van der Waals surface area contributed by atoms with Crippen molar-refractivity contribution in [2.24, 2.45) is 0 Å². The van der Waals surface area contributed by atoms with Crippen molar-refractivity contribution in [1.82, 2.24) is 15.0 Å². The van der Waals surface area contributed by atoms with Crippen LogP contribution in [0.2, 0.25) is 5.15 Å². The smallest absolute Gasteiger partial charge is 0.303 e. The Morgan fingerprint density at radius 3 is 2.33 bits per heavy atom. The summed E-state index contributed by atoms with van der Waals surface area (Å²) >= 11 is 5.95. The summed E-state index contributed by atoms with van der Waals surface area (Å²) in [7, 11) is 0. The number of hydrogen-bond acceptors (Lipinski definition) is 6. The first-order chi connectivity index (χ1) is 15.6. The minimum atomic E-state index is -1.09. The molecule has 0 saturated carbocycles. The molecule has 0 radical (unpaired) electrons. The van der Waals surface area contributed by atoms with E-state index in [0.29, 0.717) is 45.5 Å². The number of carbonyl (C=O) groups is 2. The van der Waals surface area contributed by atoms with Crippen molar-refractivity contribution in [2.75, 3.05) is 5.73 Å². The largest absolute Gasteiger partial charge is 0.481 e. The molecule has 1 aromatic carbocycles. The van der Waals surface area contributed by atoms with Gasteiger partial charge in [0.15, 0.2) is 5.82 Å². The lowest BCUT2D eigenvalue weighted by atomic mass is 9.76. The molecule has 0 fully saturated rings. The molecule has 0 spiro atoms. The van der Waals surface area contributed by atoms with E-state index in [1.165, 1.54) is 0 Å². The molecule has 3 aromatic rings. The SMILES string of the molecule is C=C(c1nc(C)c([C@@](C)(C=O)c2ccc(CCC(=O)O)cc2)c(N)n1)c1ccc(Cl)nc1C. The predicted octanol–water partition coefficient (Wildman–Crippen LogP) is 4.31. The maximum Gasteiger partial charge on any atom is 0.303 e. The first-order valence-corrected chi connectivity index (χ1v) is 10.7. The molecule has 2 aromatic heterocycles. The normalized spacial score (nSPS) is 12.7. The molecule has 8 heteroatoms. The van der Waals surface area contributed by atoms with Gasteiger partial charge in [0.25, 0.3) is 0 Å². The number of rotatable bonds is 8. The van der Waals surface area contributed by atoms with Crippen LogP contribution in [0.1, 0.15) is 52.8 Å². The highest BCUT2D eigenvalue weighted by Crippen LogP contribution is 2.36. The molecular weight excluding hydrogens is 440 g/mol. The van der Waals surface area contributed by atoms with E-state index in [9.17, 15) is 9.59 Å². The van der Waals surface area contributed by atoms with Crippen LogP contribution < -0.4 is 5.73 Å². The summed E-state index contributed by atoms with van der Waals surface area (Å²) in [5.41, 5.74) is 9.91. The number of anilines is 1. The van der Waals surface area contributed by atoms with Gasteiger partial charge in [-0.05, 0) is 50.5 Å². The third-order valence-electron chi connectivity index (χ3n) is 5.70. The number of aldehydes is 1. The summed E-state index contributed by atoms with van der Waals surface area (Å²) in [6.07, 6.45) is 1.27. The second kappa shape index (κ2) is 9.50. The van der Waals surface area contributed by atoms with Crippen LogP contribution in [-0.2, 0) is 21.4 Å². The van der Waals surface area contributed by atoms with E-state index in [4.69, 9.17) is 22.4 Å². The summed E-state index contributed by atoms with van der Waals surface area (Å²) in [4.78, 5) is 36.4. The van der Waals surface area contributed by atoms with E-state index in [1.807, 2.05) is 19.1 Å². The molecule has 0 saturated heterocycles. The fourth-order valence-electron chi connectivity index (χ4n) is 3.88. The molecule has 170 valence electrons. The van der Waals surface area contributed by atoms with Gasteiger partial charge in [-0.2, -0.15) is 0 Å². The maximum absolute atomic E-state index is 12.3. The van der Waals surface area contributed by atoms with Crippen molar-refractivity contribution < 1.29 is 14.7 Å². The van der Waals surface area contributed by atoms with Crippen LogP contribution in [0.15, 0.2) is 43.0 Å². The van der Waals surface area contributed by atoms with Gasteiger partial charge in [0.1, 0.15) is 17.3 Å². The van der Waals surface area contributed by atoms with E-state index in [2.05, 4.69) is 21.5 Å². The lowest BCUT2D eigenvalue weighted by Crippen LogP contribution is -2.29. The summed E-state index contributed by atoms with van der Waals surface area (Å²) < 4.78 is 0. The fourth-order valence-corrected chi connectivity index (χ4v) is 4.07. The van der Waals surface area contributed by atoms with Crippen LogP contribution in [0, 0.1) is 13.8 Å². The molecule has 0 unspecified atom stereocenters. The van der Waals surface area contributed by atoms with E-state index >= 15 is 0 Å². The Morgan fingerprint density at radius 1 is 1.12 bits per heavy atom. The van der Waals surface area contributed by atoms with Crippen molar-refractivity contribution in [3.05, 3.63) is 87.6 Å². The zero-order valence-electron chi connectivity index (χ0n) is 18.7.